The summed E-state index contributed by atoms with van der Waals surface area (Å²) in [4.78, 5) is 42.4. The van der Waals surface area contributed by atoms with Gasteiger partial charge in [-0.2, -0.15) is 0 Å². The first-order chi connectivity index (χ1) is 19.0. The third-order valence-corrected chi connectivity index (χ3v) is 9.07. The van der Waals surface area contributed by atoms with Crippen molar-refractivity contribution < 1.29 is 23.9 Å². The van der Waals surface area contributed by atoms with Crippen molar-refractivity contribution in [2.45, 2.75) is 82.4 Å². The van der Waals surface area contributed by atoms with Gasteiger partial charge in [-0.15, -0.1) is 0 Å². The van der Waals surface area contributed by atoms with Crippen LogP contribution in [0.3, 0.4) is 0 Å². The van der Waals surface area contributed by atoms with Crippen LogP contribution in [0, 0.1) is 11.3 Å². The molecule has 2 N–H and O–H groups in total. The Labute approximate surface area is 231 Å². The molecule has 1 aromatic rings. The third kappa shape index (κ3) is 7.09. The highest BCUT2D eigenvalue weighted by atomic mass is 16.5. The van der Waals surface area contributed by atoms with Crippen molar-refractivity contribution in [1.29, 1.82) is 0 Å². The third-order valence-electron chi connectivity index (χ3n) is 9.07. The van der Waals surface area contributed by atoms with E-state index in [0.717, 1.165) is 37.9 Å². The van der Waals surface area contributed by atoms with Gasteiger partial charge < -0.3 is 25.0 Å². The number of nitrogens with zero attached hydrogens (tertiary/aromatic N) is 1. The average molecular weight is 538 g/mol. The fourth-order valence-electron chi connectivity index (χ4n) is 6.52. The number of likely N-dealkylation sites (tertiary alicyclic amines) is 1. The number of fused-ring (bicyclic) bond motifs is 1. The van der Waals surface area contributed by atoms with Crippen LogP contribution in [-0.2, 0) is 30.3 Å². The van der Waals surface area contributed by atoms with Crippen molar-refractivity contribution in [2.24, 2.45) is 11.3 Å². The van der Waals surface area contributed by atoms with Crippen LogP contribution in [-0.4, -0.2) is 73.7 Å². The first-order valence-electron chi connectivity index (χ1n) is 14.8. The van der Waals surface area contributed by atoms with Gasteiger partial charge in [-0.3, -0.25) is 14.4 Å². The maximum atomic E-state index is 13.7. The second-order valence-electron chi connectivity index (χ2n) is 11.7. The van der Waals surface area contributed by atoms with Gasteiger partial charge in [0.25, 0.3) is 0 Å². The van der Waals surface area contributed by atoms with Crippen molar-refractivity contribution in [1.82, 2.24) is 15.5 Å². The van der Waals surface area contributed by atoms with Crippen molar-refractivity contribution in [3.8, 4) is 0 Å². The van der Waals surface area contributed by atoms with Gasteiger partial charge in [-0.25, -0.2) is 0 Å². The van der Waals surface area contributed by atoms with Gasteiger partial charge in [-0.05, 0) is 56.9 Å². The van der Waals surface area contributed by atoms with Gasteiger partial charge in [0.1, 0.15) is 6.04 Å². The highest BCUT2D eigenvalue weighted by Gasteiger charge is 2.41. The lowest BCUT2D eigenvalue weighted by molar-refractivity contribution is -0.140. The molecule has 0 saturated carbocycles. The summed E-state index contributed by atoms with van der Waals surface area (Å²) in [6.45, 7) is 3.16. The van der Waals surface area contributed by atoms with E-state index < -0.39 is 11.5 Å². The molecule has 1 unspecified atom stereocenters. The van der Waals surface area contributed by atoms with Crippen molar-refractivity contribution in [3.05, 3.63) is 48.0 Å². The molecule has 4 aliphatic rings. The molecule has 3 saturated heterocycles. The first kappa shape index (κ1) is 27.8. The van der Waals surface area contributed by atoms with Gasteiger partial charge in [0, 0.05) is 57.7 Å². The van der Waals surface area contributed by atoms with E-state index in [1.54, 1.807) is 0 Å². The molecular weight excluding hydrogens is 494 g/mol. The maximum absolute atomic E-state index is 13.7. The van der Waals surface area contributed by atoms with Crippen LogP contribution >= 0.6 is 0 Å². The molecule has 0 radical (unpaired) electrons. The number of carbonyl (C=O) groups is 3. The largest absolute Gasteiger partial charge is 0.381 e. The Kier molecular flexibility index (Phi) is 9.35. The Hall–Kier alpha value is -2.71. The molecule has 5 rings (SSSR count). The van der Waals surface area contributed by atoms with Crippen LogP contribution in [0.25, 0.3) is 0 Å². The molecule has 1 spiro atoms. The van der Waals surface area contributed by atoms with Crippen molar-refractivity contribution in [3.63, 3.8) is 0 Å². The number of amides is 3. The quantitative estimate of drug-likeness (QED) is 0.563. The van der Waals surface area contributed by atoms with E-state index in [-0.39, 0.29) is 35.8 Å². The minimum Gasteiger partial charge on any atom is -0.381 e. The van der Waals surface area contributed by atoms with E-state index in [9.17, 15) is 14.4 Å². The van der Waals surface area contributed by atoms with E-state index in [2.05, 4.69) is 22.8 Å². The topological polar surface area (TPSA) is 97.0 Å². The SMILES string of the molecule is O=C1N[C@H]2CCN(C(=O)CCC3CCCO3)C[C@H]2C/C=C/CC2(CCOCC2)C(=O)N[C@@H]1Cc1ccccc1. The lowest BCUT2D eigenvalue weighted by Crippen LogP contribution is -2.58. The van der Waals surface area contributed by atoms with Gasteiger partial charge >= 0.3 is 0 Å². The summed E-state index contributed by atoms with van der Waals surface area (Å²) in [5.41, 5.74) is 0.438. The van der Waals surface area contributed by atoms with Crippen LogP contribution in [0.15, 0.2) is 42.5 Å². The Morgan fingerprint density at radius 2 is 1.85 bits per heavy atom. The Morgan fingerprint density at radius 1 is 1.03 bits per heavy atom. The molecule has 3 fully saturated rings. The predicted octanol–water partition coefficient (Wildman–Crippen LogP) is 3.15. The zero-order chi connectivity index (χ0) is 27.1. The maximum Gasteiger partial charge on any atom is 0.243 e. The van der Waals surface area contributed by atoms with Crippen LogP contribution in [0.2, 0.25) is 0 Å². The summed E-state index contributed by atoms with van der Waals surface area (Å²) in [6.07, 6.45) is 11.7. The molecule has 0 bridgehead atoms. The number of rotatable bonds is 5. The second kappa shape index (κ2) is 13.1. The van der Waals surface area contributed by atoms with Crippen LogP contribution in [0.4, 0.5) is 0 Å². The molecular formula is C31H43N3O5. The standard InChI is InChI=1S/C31H43N3O5/c35-28(12-11-25-10-6-18-39-25)34-17-13-26-24(22-34)9-4-5-14-31(15-19-38-20-16-31)30(37)33-27(29(36)32-26)21-23-7-2-1-3-8-23/h1-5,7-8,24-27H,6,9-22H2,(H,32,36)(H,33,37)/b5-4+/t24-,25?,26+,27-/m1/s1. The van der Waals surface area contributed by atoms with Gasteiger partial charge in [0.2, 0.25) is 17.7 Å². The van der Waals surface area contributed by atoms with E-state index >= 15 is 0 Å². The van der Waals surface area contributed by atoms with Gasteiger partial charge in [0.05, 0.1) is 11.5 Å². The summed E-state index contributed by atoms with van der Waals surface area (Å²) in [5.74, 6) is 0.104. The van der Waals surface area contributed by atoms with Crippen LogP contribution in [0.5, 0.6) is 0 Å². The number of benzene rings is 1. The summed E-state index contributed by atoms with van der Waals surface area (Å²) >= 11 is 0. The predicted molar refractivity (Wildman–Crippen MR) is 148 cm³/mol. The molecule has 3 amide bonds. The summed E-state index contributed by atoms with van der Waals surface area (Å²) in [6, 6.07) is 9.14. The number of piperidine rings is 1. The fraction of sp³-hybridized carbons (Fsp3) is 0.645. The number of hydrogen-bond acceptors (Lipinski definition) is 5. The normalized spacial score (nSPS) is 30.4. The number of hydrogen-bond donors (Lipinski definition) is 2. The smallest absolute Gasteiger partial charge is 0.243 e. The number of nitrogens with one attached hydrogen (secondary N) is 2. The van der Waals surface area contributed by atoms with E-state index in [4.69, 9.17) is 9.47 Å². The van der Waals surface area contributed by atoms with E-state index in [1.807, 2.05) is 35.2 Å². The minimum atomic E-state index is -0.658. The summed E-state index contributed by atoms with van der Waals surface area (Å²) in [7, 11) is 0. The zero-order valence-corrected chi connectivity index (χ0v) is 22.9. The number of carbonyl (C=O) groups excluding carboxylic acids is 3. The molecule has 4 atom stereocenters. The lowest BCUT2D eigenvalue weighted by Gasteiger charge is -2.40. The molecule has 4 heterocycles. The molecule has 8 nitrogen and oxygen atoms in total. The number of ether oxygens (including phenoxy) is 2. The summed E-state index contributed by atoms with van der Waals surface area (Å²) in [5, 5.41) is 6.43. The molecule has 212 valence electrons. The molecule has 0 aromatic heterocycles. The second-order valence-corrected chi connectivity index (χ2v) is 11.7. The Balaban J connectivity index is 1.32. The zero-order valence-electron chi connectivity index (χ0n) is 22.9. The fourth-order valence-corrected chi connectivity index (χ4v) is 6.52. The van der Waals surface area contributed by atoms with E-state index in [0.29, 0.717) is 64.8 Å². The van der Waals surface area contributed by atoms with Gasteiger partial charge in [-0.1, -0.05) is 42.5 Å². The Bertz CT molecular complexity index is 1020. The molecule has 39 heavy (non-hydrogen) atoms. The highest BCUT2D eigenvalue weighted by Crippen LogP contribution is 2.36. The minimum absolute atomic E-state index is 0.0454. The molecule has 1 aromatic carbocycles. The highest BCUT2D eigenvalue weighted by molar-refractivity contribution is 5.90. The van der Waals surface area contributed by atoms with Crippen molar-refractivity contribution >= 4 is 17.7 Å². The first-order valence-corrected chi connectivity index (χ1v) is 14.8. The van der Waals surface area contributed by atoms with Crippen molar-refractivity contribution in [2.75, 3.05) is 32.9 Å². The average Bonchev–Trinajstić information content (AvgIpc) is 3.49. The number of allylic oxidation sites excluding steroid dienone is 2. The van der Waals surface area contributed by atoms with Gasteiger partial charge in [0.15, 0.2) is 0 Å². The molecule has 0 aliphatic carbocycles. The van der Waals surface area contributed by atoms with E-state index in [1.165, 1.54) is 0 Å². The monoisotopic (exact) mass is 537 g/mol. The molecule has 8 heteroatoms. The molecule has 4 aliphatic heterocycles. The lowest BCUT2D eigenvalue weighted by atomic mass is 9.75. The summed E-state index contributed by atoms with van der Waals surface area (Å²) < 4.78 is 11.3. The Morgan fingerprint density at radius 3 is 2.62 bits per heavy atom. The van der Waals surface area contributed by atoms with Crippen LogP contribution in [0.1, 0.15) is 63.4 Å². The van der Waals surface area contributed by atoms with Crippen LogP contribution < -0.4 is 10.6 Å².